The molecule has 86 heavy (non-hydrogen) atoms. The SMILES string of the molecule is CC.CC.CC.CC.CC.CC.CC.CC(C)c1ccc2c(c1)OCO2.CC(C)c1ccccn1.CC(C)c1ccco1.CC(C)c1cn[nH]c1.CC(C)c1cnccn1.CC(C)c1cnn(C)c1.CC(C)c1ncccn1.CC(C)c1nccs1. The number of aromatic nitrogens is 10. The smallest absolute Gasteiger partial charge is 0.231 e. The fourth-order valence-corrected chi connectivity index (χ4v) is 6.32. The van der Waals surface area contributed by atoms with Crippen molar-refractivity contribution in [3.05, 3.63) is 179 Å². The number of fused-ring (bicyclic) bond motifs is 1. The van der Waals surface area contributed by atoms with Gasteiger partial charge in [0.05, 0.1) is 29.4 Å². The molecule has 8 heterocycles. The number of thiazole rings is 1. The Morgan fingerprint density at radius 2 is 1.00 bits per heavy atom. The van der Waals surface area contributed by atoms with Crippen LogP contribution in [0.4, 0.5) is 0 Å². The minimum atomic E-state index is 0.358. The zero-order valence-corrected chi connectivity index (χ0v) is 61.0. The monoisotopic (exact) mass is 1210 g/mol. The number of aromatic amines is 1. The first kappa shape index (κ1) is 90.6. The molecule has 0 fully saturated rings. The van der Waals surface area contributed by atoms with Crippen molar-refractivity contribution in [2.24, 2.45) is 7.05 Å². The Kier molecular flexibility index (Phi) is 66.4. The maximum Gasteiger partial charge on any atom is 0.231 e. The summed E-state index contributed by atoms with van der Waals surface area (Å²) in [5, 5.41) is 13.9. The molecule has 0 spiro atoms. The van der Waals surface area contributed by atoms with Crippen molar-refractivity contribution in [2.75, 3.05) is 6.79 Å². The van der Waals surface area contributed by atoms with Crippen LogP contribution < -0.4 is 9.47 Å². The fourth-order valence-electron chi connectivity index (χ4n) is 5.66. The Labute approximate surface area is 531 Å². The van der Waals surface area contributed by atoms with Crippen LogP contribution in [0.5, 0.6) is 11.5 Å². The summed E-state index contributed by atoms with van der Waals surface area (Å²) in [5.41, 5.74) is 6.08. The van der Waals surface area contributed by atoms with E-state index in [4.69, 9.17) is 13.9 Å². The summed E-state index contributed by atoms with van der Waals surface area (Å²) in [7, 11) is 1.94. The number of pyridine rings is 1. The van der Waals surface area contributed by atoms with Crippen LogP contribution in [-0.2, 0) is 7.05 Å². The molecule has 0 amide bonds. The van der Waals surface area contributed by atoms with Crippen molar-refractivity contribution in [1.29, 1.82) is 0 Å². The molecule has 7 aromatic heterocycles. The van der Waals surface area contributed by atoms with Crippen molar-refractivity contribution in [3.8, 4) is 11.5 Å². The van der Waals surface area contributed by atoms with Crippen molar-refractivity contribution < 1.29 is 13.9 Å². The number of ether oxygens (including phenoxy) is 2. The molecule has 9 rings (SSSR count). The van der Waals surface area contributed by atoms with Crippen molar-refractivity contribution >= 4 is 11.3 Å². The number of furan rings is 1. The van der Waals surface area contributed by atoms with E-state index in [1.54, 1.807) is 48.6 Å². The molecule has 1 N–H and O–H groups in total. The molecule has 0 unspecified atom stereocenters. The van der Waals surface area contributed by atoms with Gasteiger partial charge in [-0.1, -0.05) is 220 Å². The van der Waals surface area contributed by atoms with E-state index in [9.17, 15) is 0 Å². The standard InChI is InChI=1S/C10H12O2.C8H11N.C7H12N2.2C7H10N2.C7H10O.C6H10N2.C6H9NS.7C2H6/c1-7(2)8-3-4-9-10(5-8)12-6-11-9;1-7(2)8-5-3-4-6-9-8;1-6(2)7-4-8-9(3)5-7;1-6(2)7-5-8-3-4-9-7;1-6(2)7-8-4-3-5-9-7;1-6(2)7-4-3-5-8-7;1-5(2)6-3-7-8-4-6;1-5(2)6-7-3-4-8-6;7*1-2/h3-5,7H,6H2,1-2H3;3-7H,1-2H3;4-6H,1-3H3;2*3-6H,1-2H3;3-6H,1-2H3;3-5H,1-2H3,(H,7,8);3-5H,1-2H3;7*1-2H3. The second kappa shape index (κ2) is 63.0. The highest BCUT2D eigenvalue weighted by Gasteiger charge is 2.14. The van der Waals surface area contributed by atoms with E-state index in [2.05, 4.69) is 162 Å². The number of hydrogen-bond acceptors (Lipinski definition) is 12. The Morgan fingerprint density at radius 3 is 1.30 bits per heavy atom. The summed E-state index contributed by atoms with van der Waals surface area (Å²) < 4.78 is 17.4. The van der Waals surface area contributed by atoms with E-state index in [0.29, 0.717) is 54.1 Å². The third kappa shape index (κ3) is 46.7. The number of nitrogens with one attached hydrogen (secondary N) is 1. The van der Waals surface area contributed by atoms with Gasteiger partial charge in [-0.2, -0.15) is 10.2 Å². The molecule has 0 saturated heterocycles. The van der Waals surface area contributed by atoms with Gasteiger partial charge in [-0.3, -0.25) is 24.7 Å². The normalized spacial score (nSPS) is 9.62. The number of hydrogen-bond donors (Lipinski definition) is 1. The minimum absolute atomic E-state index is 0.358. The maximum absolute atomic E-state index is 5.27. The van der Waals surface area contributed by atoms with E-state index >= 15 is 0 Å². The Morgan fingerprint density at radius 1 is 0.453 bits per heavy atom. The molecule has 8 aromatic rings. The molecule has 0 atom stereocenters. The molecule has 14 heteroatoms. The Hall–Kier alpha value is -6.54. The molecule has 1 aromatic carbocycles. The van der Waals surface area contributed by atoms with Crippen LogP contribution in [0.15, 0.2) is 139 Å². The van der Waals surface area contributed by atoms with Gasteiger partial charge in [-0.15, -0.1) is 11.3 Å². The molecule has 488 valence electrons. The molecule has 1 aliphatic heterocycles. The lowest BCUT2D eigenvalue weighted by molar-refractivity contribution is 0.174. The van der Waals surface area contributed by atoms with E-state index in [1.807, 2.05) is 200 Å². The topological polar surface area (TPSA) is 155 Å². The van der Waals surface area contributed by atoms with Gasteiger partial charge in [0, 0.05) is 91.6 Å². The molecule has 13 nitrogen and oxygen atoms in total. The lowest BCUT2D eigenvalue weighted by atomic mass is 10.0. The quantitative estimate of drug-likeness (QED) is 0.155. The number of rotatable bonds is 8. The first-order chi connectivity index (χ1) is 41.3. The van der Waals surface area contributed by atoms with Crippen LogP contribution in [0.1, 0.15) is 300 Å². The van der Waals surface area contributed by atoms with Crippen molar-refractivity contribution in [3.63, 3.8) is 0 Å². The summed E-state index contributed by atoms with van der Waals surface area (Å²) in [6, 6.07) is 17.8. The Balaban J connectivity index is -0.000000207. The maximum atomic E-state index is 5.27. The zero-order chi connectivity index (χ0) is 67.4. The summed E-state index contributed by atoms with van der Waals surface area (Å²) in [5.74, 6) is 8.02. The number of benzene rings is 1. The van der Waals surface area contributed by atoms with Crippen LogP contribution in [-0.4, -0.2) is 56.7 Å². The van der Waals surface area contributed by atoms with Crippen molar-refractivity contribution in [2.45, 2.75) is 255 Å². The van der Waals surface area contributed by atoms with Crippen LogP contribution in [0, 0.1) is 0 Å². The summed E-state index contributed by atoms with van der Waals surface area (Å²) in [6.07, 6.45) is 21.8. The molecule has 0 radical (unpaired) electrons. The number of H-pyrrole nitrogens is 1. The number of aryl methyl sites for hydroxylation is 1. The predicted molar refractivity (Wildman–Crippen MR) is 376 cm³/mol. The molecule has 0 aliphatic carbocycles. The zero-order valence-electron chi connectivity index (χ0n) is 60.2. The lowest BCUT2D eigenvalue weighted by Gasteiger charge is -2.05. The van der Waals surface area contributed by atoms with Gasteiger partial charge >= 0.3 is 0 Å². The fraction of sp³-hybridized carbons (Fsp3) is 0.556. The van der Waals surface area contributed by atoms with Gasteiger partial charge in [-0.05, 0) is 88.7 Å². The highest BCUT2D eigenvalue weighted by molar-refractivity contribution is 7.09. The van der Waals surface area contributed by atoms with Gasteiger partial charge in [0.25, 0.3) is 0 Å². The van der Waals surface area contributed by atoms with Gasteiger partial charge in [0.15, 0.2) is 11.5 Å². The van der Waals surface area contributed by atoms with E-state index in [0.717, 1.165) is 34.5 Å². The highest BCUT2D eigenvalue weighted by Crippen LogP contribution is 2.34. The van der Waals surface area contributed by atoms with Gasteiger partial charge < -0.3 is 13.9 Å². The molecule has 1 aliphatic rings. The largest absolute Gasteiger partial charge is 0.469 e. The highest BCUT2D eigenvalue weighted by atomic mass is 32.1. The summed E-state index contributed by atoms with van der Waals surface area (Å²) >= 11 is 1.72. The van der Waals surface area contributed by atoms with Gasteiger partial charge in [-0.25, -0.2) is 15.0 Å². The second-order valence-electron chi connectivity index (χ2n) is 19.2. The van der Waals surface area contributed by atoms with E-state index in [1.165, 1.54) is 21.7 Å². The first-order valence-corrected chi connectivity index (χ1v) is 32.9. The van der Waals surface area contributed by atoms with Gasteiger partial charge in [0.2, 0.25) is 6.79 Å². The summed E-state index contributed by atoms with van der Waals surface area (Å²) in [4.78, 5) is 24.5. The second-order valence-corrected chi connectivity index (χ2v) is 20.1. The summed E-state index contributed by atoms with van der Waals surface area (Å²) in [6.45, 7) is 62.5. The lowest BCUT2D eigenvalue weighted by Crippen LogP contribution is -1.93. The number of nitrogens with zero attached hydrogens (tertiary/aromatic N) is 9. The predicted octanol–water partition coefficient (Wildman–Crippen LogP) is 22.9. The van der Waals surface area contributed by atoms with Crippen molar-refractivity contribution in [1.82, 2.24) is 49.9 Å². The molecular formula is C72H126N10O3S. The molecule has 0 saturated carbocycles. The average Bonchev–Trinajstić information content (AvgIpc) is 4.45. The van der Waals surface area contributed by atoms with E-state index in [-0.39, 0.29) is 0 Å². The van der Waals surface area contributed by atoms with Crippen LogP contribution in [0.2, 0.25) is 0 Å². The third-order valence-electron chi connectivity index (χ3n) is 10.3. The molecular weight excluding hydrogens is 1080 g/mol. The average molecular weight is 1210 g/mol. The first-order valence-electron chi connectivity index (χ1n) is 32.0. The van der Waals surface area contributed by atoms with Crippen LogP contribution in [0.25, 0.3) is 0 Å². The van der Waals surface area contributed by atoms with Gasteiger partial charge in [0.1, 0.15) is 11.6 Å². The van der Waals surface area contributed by atoms with Crippen LogP contribution >= 0.6 is 11.3 Å². The Bertz CT molecular complexity index is 2280. The van der Waals surface area contributed by atoms with Crippen LogP contribution in [0.3, 0.4) is 0 Å². The minimum Gasteiger partial charge on any atom is -0.469 e. The third-order valence-corrected chi connectivity index (χ3v) is 11.3. The van der Waals surface area contributed by atoms with E-state index < -0.39 is 0 Å². The molecule has 0 bridgehead atoms.